The van der Waals surface area contributed by atoms with Crippen LogP contribution in [0.4, 0.5) is 11.5 Å². The zero-order valence-electron chi connectivity index (χ0n) is 14.1. The van der Waals surface area contributed by atoms with Crippen LogP contribution in [0.1, 0.15) is 15.9 Å². The Morgan fingerprint density at radius 3 is 2.33 bits per heavy atom. The van der Waals surface area contributed by atoms with E-state index in [2.05, 4.69) is 47.5 Å². The first-order valence-corrected chi connectivity index (χ1v) is 9.65. The second-order valence-corrected chi connectivity index (χ2v) is 7.58. The summed E-state index contributed by atoms with van der Waals surface area (Å²) in [6.07, 6.45) is 1.86. The molecule has 0 aliphatic carbocycles. The van der Waals surface area contributed by atoms with Gasteiger partial charge in [0, 0.05) is 26.4 Å². The molecule has 2 aromatic carbocycles. The highest BCUT2D eigenvalue weighted by Crippen LogP contribution is 2.15. The molecule has 0 bridgehead atoms. The molecule has 0 aliphatic rings. The average Bonchev–Trinajstić information content (AvgIpc) is 2.65. The quantitative estimate of drug-likeness (QED) is 0.528. The van der Waals surface area contributed by atoms with Gasteiger partial charge in [-0.2, -0.15) is 0 Å². The van der Waals surface area contributed by atoms with Crippen molar-refractivity contribution in [1.82, 2.24) is 4.98 Å². The summed E-state index contributed by atoms with van der Waals surface area (Å²) in [6, 6.07) is 17.8. The van der Waals surface area contributed by atoms with Crippen LogP contribution in [-0.4, -0.2) is 16.8 Å². The maximum atomic E-state index is 12.4. The molecule has 0 atom stereocenters. The van der Waals surface area contributed by atoms with E-state index in [9.17, 15) is 9.59 Å². The number of carbonyl (C=O) groups is 2. The van der Waals surface area contributed by atoms with Gasteiger partial charge >= 0.3 is 0 Å². The lowest BCUT2D eigenvalue weighted by Gasteiger charge is -2.08. The van der Waals surface area contributed by atoms with Crippen molar-refractivity contribution in [3.63, 3.8) is 0 Å². The van der Waals surface area contributed by atoms with Crippen molar-refractivity contribution in [3.8, 4) is 0 Å². The number of anilines is 2. The molecule has 2 N–H and O–H groups in total. The highest BCUT2D eigenvalue weighted by atomic mass is 79.9. The van der Waals surface area contributed by atoms with Crippen LogP contribution in [0.5, 0.6) is 0 Å². The third-order valence-electron chi connectivity index (χ3n) is 3.66. The molecule has 7 heteroatoms. The first-order valence-electron chi connectivity index (χ1n) is 8.07. The Bertz CT molecular complexity index is 958. The molecule has 27 heavy (non-hydrogen) atoms. The van der Waals surface area contributed by atoms with E-state index in [4.69, 9.17) is 0 Å². The van der Waals surface area contributed by atoms with Gasteiger partial charge in [-0.15, -0.1) is 0 Å². The monoisotopic (exact) mass is 487 g/mol. The number of rotatable bonds is 5. The average molecular weight is 489 g/mol. The van der Waals surface area contributed by atoms with Gasteiger partial charge in [-0.1, -0.05) is 34.1 Å². The van der Waals surface area contributed by atoms with Gasteiger partial charge in [-0.05, 0) is 64.0 Å². The number of nitrogens with one attached hydrogen (secondary N) is 2. The van der Waals surface area contributed by atoms with Crippen molar-refractivity contribution >= 4 is 55.2 Å². The van der Waals surface area contributed by atoms with E-state index in [1.54, 1.807) is 42.6 Å². The molecule has 1 aromatic heterocycles. The fourth-order valence-corrected chi connectivity index (χ4v) is 2.87. The van der Waals surface area contributed by atoms with Gasteiger partial charge in [0.15, 0.2) is 0 Å². The number of pyridine rings is 1. The van der Waals surface area contributed by atoms with Crippen LogP contribution in [0.2, 0.25) is 0 Å². The summed E-state index contributed by atoms with van der Waals surface area (Å²) >= 11 is 6.67. The van der Waals surface area contributed by atoms with Crippen LogP contribution < -0.4 is 10.6 Å². The van der Waals surface area contributed by atoms with Gasteiger partial charge < -0.3 is 10.6 Å². The van der Waals surface area contributed by atoms with Gasteiger partial charge in [-0.25, -0.2) is 4.98 Å². The van der Waals surface area contributed by atoms with E-state index >= 15 is 0 Å². The lowest BCUT2D eigenvalue weighted by Crippen LogP contribution is -2.16. The van der Waals surface area contributed by atoms with Crippen LogP contribution in [0.25, 0.3) is 0 Å². The summed E-state index contributed by atoms with van der Waals surface area (Å²) in [5, 5.41) is 5.54. The third kappa shape index (κ3) is 5.74. The number of hydrogen-bond donors (Lipinski definition) is 2. The molecule has 136 valence electrons. The van der Waals surface area contributed by atoms with Crippen molar-refractivity contribution < 1.29 is 9.59 Å². The van der Waals surface area contributed by atoms with E-state index in [-0.39, 0.29) is 18.2 Å². The van der Waals surface area contributed by atoms with Crippen molar-refractivity contribution in [2.45, 2.75) is 6.42 Å². The Balaban J connectivity index is 1.63. The van der Waals surface area contributed by atoms with Crippen LogP contribution in [0.3, 0.4) is 0 Å². The first-order chi connectivity index (χ1) is 13.0. The normalized spacial score (nSPS) is 10.3. The summed E-state index contributed by atoms with van der Waals surface area (Å²) < 4.78 is 1.79. The summed E-state index contributed by atoms with van der Waals surface area (Å²) in [7, 11) is 0. The number of hydrogen-bond acceptors (Lipinski definition) is 3. The van der Waals surface area contributed by atoms with E-state index in [1.165, 1.54) is 0 Å². The molecule has 0 saturated heterocycles. The molecule has 3 aromatic rings. The molecular weight excluding hydrogens is 474 g/mol. The second kappa shape index (κ2) is 8.92. The molecule has 0 aliphatic heterocycles. The lowest BCUT2D eigenvalue weighted by molar-refractivity contribution is -0.115. The lowest BCUT2D eigenvalue weighted by atomic mass is 10.1. The topological polar surface area (TPSA) is 71.1 Å². The molecule has 0 radical (unpaired) electrons. The van der Waals surface area contributed by atoms with Gasteiger partial charge in [0.2, 0.25) is 5.91 Å². The number of aromatic nitrogens is 1. The fourth-order valence-electron chi connectivity index (χ4n) is 2.37. The molecular formula is C20H15Br2N3O2. The number of amides is 2. The van der Waals surface area contributed by atoms with Crippen LogP contribution in [0.15, 0.2) is 75.8 Å². The Labute approximate surface area is 173 Å². The Morgan fingerprint density at radius 2 is 1.63 bits per heavy atom. The summed E-state index contributed by atoms with van der Waals surface area (Å²) in [5.41, 5.74) is 1.90. The first kappa shape index (κ1) is 19.3. The molecule has 2 amide bonds. The van der Waals surface area contributed by atoms with Crippen molar-refractivity contribution in [1.29, 1.82) is 0 Å². The van der Waals surface area contributed by atoms with Crippen molar-refractivity contribution in [2.24, 2.45) is 0 Å². The maximum absolute atomic E-state index is 12.4. The molecule has 0 fully saturated rings. The predicted octanol–water partition coefficient (Wildman–Crippen LogP) is 5.04. The minimum absolute atomic E-state index is 0.149. The molecule has 3 rings (SSSR count). The predicted molar refractivity (Wildman–Crippen MR) is 113 cm³/mol. The van der Waals surface area contributed by atoms with Crippen LogP contribution in [0, 0.1) is 0 Å². The standard InChI is InChI=1S/C20H15Br2N3O2/c21-15-6-4-13(5-7-15)10-19(26)24-17-3-1-2-14(11-17)20(27)25-18-9-8-16(22)12-23-18/h1-9,11-12H,10H2,(H,24,26)(H,23,25,27). The largest absolute Gasteiger partial charge is 0.326 e. The van der Waals surface area contributed by atoms with Crippen LogP contribution in [-0.2, 0) is 11.2 Å². The number of nitrogens with zero attached hydrogens (tertiary/aromatic N) is 1. The third-order valence-corrected chi connectivity index (χ3v) is 4.65. The van der Waals surface area contributed by atoms with Gasteiger partial charge in [0.25, 0.3) is 5.91 Å². The number of benzene rings is 2. The maximum Gasteiger partial charge on any atom is 0.256 e. The Kier molecular flexibility index (Phi) is 6.36. The van der Waals surface area contributed by atoms with Gasteiger partial charge in [0.1, 0.15) is 5.82 Å². The smallest absolute Gasteiger partial charge is 0.256 e. The fraction of sp³-hybridized carbons (Fsp3) is 0.0500. The Morgan fingerprint density at radius 1 is 0.889 bits per heavy atom. The summed E-state index contributed by atoms with van der Waals surface area (Å²) in [6.45, 7) is 0. The molecule has 1 heterocycles. The van der Waals surface area contributed by atoms with Crippen molar-refractivity contribution in [3.05, 3.63) is 86.9 Å². The van der Waals surface area contributed by atoms with Gasteiger partial charge in [0.05, 0.1) is 6.42 Å². The Hall–Kier alpha value is -2.51. The van der Waals surface area contributed by atoms with Gasteiger partial charge in [-0.3, -0.25) is 9.59 Å². The van der Waals surface area contributed by atoms with Crippen LogP contribution >= 0.6 is 31.9 Å². The van der Waals surface area contributed by atoms with E-state index in [0.717, 1.165) is 14.5 Å². The molecule has 0 spiro atoms. The number of halogens is 2. The van der Waals surface area contributed by atoms with Crippen molar-refractivity contribution in [2.75, 3.05) is 10.6 Å². The SMILES string of the molecule is O=C(Cc1ccc(Br)cc1)Nc1cccc(C(=O)Nc2ccc(Br)cn2)c1. The van der Waals surface area contributed by atoms with E-state index in [0.29, 0.717) is 17.1 Å². The minimum Gasteiger partial charge on any atom is -0.326 e. The van der Waals surface area contributed by atoms with E-state index < -0.39 is 0 Å². The highest BCUT2D eigenvalue weighted by molar-refractivity contribution is 9.10. The highest BCUT2D eigenvalue weighted by Gasteiger charge is 2.09. The molecule has 0 saturated carbocycles. The molecule has 5 nitrogen and oxygen atoms in total. The number of carbonyl (C=O) groups excluding carboxylic acids is 2. The molecule has 0 unspecified atom stereocenters. The van der Waals surface area contributed by atoms with E-state index in [1.807, 2.05) is 24.3 Å². The minimum atomic E-state index is -0.297. The zero-order valence-corrected chi connectivity index (χ0v) is 17.2. The summed E-state index contributed by atoms with van der Waals surface area (Å²) in [4.78, 5) is 28.7. The second-order valence-electron chi connectivity index (χ2n) is 5.75. The zero-order chi connectivity index (χ0) is 19.2. The summed E-state index contributed by atoms with van der Waals surface area (Å²) in [5.74, 6) is 0.00571.